The van der Waals surface area contributed by atoms with Crippen molar-refractivity contribution in [2.45, 2.75) is 57.0 Å². The van der Waals surface area contributed by atoms with Crippen LogP contribution >= 0.6 is 0 Å². The predicted octanol–water partition coefficient (Wildman–Crippen LogP) is 1.52. The number of hydrogen-bond donors (Lipinski definition) is 2. The number of carbonyl (C=O) groups excluding carboxylic acids is 2. The Labute approximate surface area is 173 Å². The molecular weight excluding hydrogens is 394 g/mol. The average Bonchev–Trinajstić information content (AvgIpc) is 2.73. The molecule has 9 heteroatoms. The van der Waals surface area contributed by atoms with Crippen LogP contribution in [0.3, 0.4) is 0 Å². The topological polar surface area (TPSA) is 105 Å². The largest absolute Gasteiger partial charge is 0.497 e. The molecule has 162 valence electrons. The zero-order valence-electron chi connectivity index (χ0n) is 17.5. The van der Waals surface area contributed by atoms with E-state index in [-0.39, 0.29) is 41.8 Å². The molecule has 1 aromatic rings. The maximum atomic E-state index is 12.8. The van der Waals surface area contributed by atoms with Crippen LogP contribution in [0.15, 0.2) is 29.2 Å². The van der Waals surface area contributed by atoms with Crippen LogP contribution < -0.4 is 15.4 Å². The Balaban J connectivity index is 1.90. The molecule has 0 aliphatic carbocycles. The van der Waals surface area contributed by atoms with Crippen molar-refractivity contribution in [1.29, 1.82) is 0 Å². The van der Waals surface area contributed by atoms with Crippen LogP contribution in [0.25, 0.3) is 0 Å². The molecule has 8 nitrogen and oxygen atoms in total. The van der Waals surface area contributed by atoms with Crippen LogP contribution in [0.4, 0.5) is 0 Å². The van der Waals surface area contributed by atoms with Crippen molar-refractivity contribution in [3.63, 3.8) is 0 Å². The third-order valence-corrected chi connectivity index (χ3v) is 7.19. The molecule has 2 N–H and O–H groups in total. The number of ether oxygens (including phenoxy) is 1. The number of methoxy groups -OCH3 is 1. The Morgan fingerprint density at radius 1 is 1.14 bits per heavy atom. The number of nitrogens with zero attached hydrogens (tertiary/aromatic N) is 1. The van der Waals surface area contributed by atoms with E-state index in [0.717, 1.165) is 6.42 Å². The van der Waals surface area contributed by atoms with Crippen molar-refractivity contribution in [2.75, 3.05) is 20.2 Å². The van der Waals surface area contributed by atoms with Gasteiger partial charge < -0.3 is 15.4 Å². The van der Waals surface area contributed by atoms with Crippen LogP contribution in [-0.2, 0) is 19.6 Å². The first-order chi connectivity index (χ1) is 13.7. The van der Waals surface area contributed by atoms with Gasteiger partial charge in [-0.2, -0.15) is 4.31 Å². The second kappa shape index (κ2) is 10.1. The van der Waals surface area contributed by atoms with Gasteiger partial charge in [-0.15, -0.1) is 0 Å². The van der Waals surface area contributed by atoms with Crippen molar-refractivity contribution in [2.24, 2.45) is 5.92 Å². The number of rotatable bonds is 8. The molecule has 0 spiro atoms. The van der Waals surface area contributed by atoms with Crippen LogP contribution in [0, 0.1) is 5.92 Å². The number of nitrogens with one attached hydrogen (secondary N) is 2. The minimum absolute atomic E-state index is 0.0493. The number of benzene rings is 1. The molecule has 2 atom stereocenters. The second-order valence-corrected chi connectivity index (χ2v) is 9.34. The number of sulfonamides is 1. The van der Waals surface area contributed by atoms with Gasteiger partial charge in [0.25, 0.3) is 0 Å². The molecule has 1 saturated heterocycles. The molecule has 29 heavy (non-hydrogen) atoms. The van der Waals surface area contributed by atoms with E-state index >= 15 is 0 Å². The van der Waals surface area contributed by atoms with E-state index in [1.165, 1.54) is 23.5 Å². The summed E-state index contributed by atoms with van der Waals surface area (Å²) in [6, 6.07) is 5.68. The van der Waals surface area contributed by atoms with Gasteiger partial charge >= 0.3 is 0 Å². The summed E-state index contributed by atoms with van der Waals surface area (Å²) < 4.78 is 32.0. The van der Waals surface area contributed by atoms with E-state index in [4.69, 9.17) is 4.74 Å². The summed E-state index contributed by atoms with van der Waals surface area (Å²) >= 11 is 0. The highest BCUT2D eigenvalue weighted by Gasteiger charge is 2.33. The molecule has 0 radical (unpaired) electrons. The number of amides is 2. The van der Waals surface area contributed by atoms with Gasteiger partial charge in [0.2, 0.25) is 21.8 Å². The predicted molar refractivity (Wildman–Crippen MR) is 110 cm³/mol. The maximum Gasteiger partial charge on any atom is 0.243 e. The standard InChI is InChI=1S/C20H31N3O5S/c1-5-14(2)21-19(24)15(3)22-20(25)16-10-12-23(13-11-16)29(26,27)18-8-6-17(28-4)7-9-18/h6-9,14-16H,5,10-13H2,1-4H3,(H,21,24)(H,22,25). The third kappa shape index (κ3) is 5.93. The summed E-state index contributed by atoms with van der Waals surface area (Å²) in [4.78, 5) is 24.8. The van der Waals surface area contributed by atoms with Gasteiger partial charge in [0.1, 0.15) is 11.8 Å². The maximum absolute atomic E-state index is 12.8. The molecule has 2 amide bonds. The van der Waals surface area contributed by atoms with Crippen LogP contribution in [0.5, 0.6) is 5.75 Å². The Bertz CT molecular complexity index is 802. The van der Waals surface area contributed by atoms with Gasteiger partial charge in [-0.05, 0) is 57.4 Å². The summed E-state index contributed by atoms with van der Waals surface area (Å²) in [6.07, 6.45) is 1.65. The molecule has 2 unspecified atom stereocenters. The molecule has 1 fully saturated rings. The number of hydrogen-bond acceptors (Lipinski definition) is 5. The first-order valence-electron chi connectivity index (χ1n) is 9.94. The van der Waals surface area contributed by atoms with Crippen molar-refractivity contribution in [3.8, 4) is 5.75 Å². The van der Waals surface area contributed by atoms with Crippen molar-refractivity contribution in [3.05, 3.63) is 24.3 Å². The fraction of sp³-hybridized carbons (Fsp3) is 0.600. The van der Waals surface area contributed by atoms with Crippen LogP contribution in [0.2, 0.25) is 0 Å². The summed E-state index contributed by atoms with van der Waals surface area (Å²) in [5.41, 5.74) is 0. The van der Waals surface area contributed by atoms with Crippen molar-refractivity contribution < 1.29 is 22.7 Å². The van der Waals surface area contributed by atoms with E-state index in [2.05, 4.69) is 10.6 Å². The zero-order chi connectivity index (χ0) is 21.6. The number of carbonyl (C=O) groups is 2. The molecular formula is C20H31N3O5S. The molecule has 0 saturated carbocycles. The fourth-order valence-corrected chi connectivity index (χ4v) is 4.59. The highest BCUT2D eigenvalue weighted by atomic mass is 32.2. The second-order valence-electron chi connectivity index (χ2n) is 7.40. The van der Waals surface area contributed by atoms with Gasteiger partial charge in [-0.3, -0.25) is 9.59 Å². The minimum Gasteiger partial charge on any atom is -0.497 e. The molecule has 2 rings (SSSR count). The monoisotopic (exact) mass is 425 g/mol. The molecule has 1 heterocycles. The SMILES string of the molecule is CCC(C)NC(=O)C(C)NC(=O)C1CCN(S(=O)(=O)c2ccc(OC)cc2)CC1. The quantitative estimate of drug-likeness (QED) is 0.657. The average molecular weight is 426 g/mol. The first-order valence-corrected chi connectivity index (χ1v) is 11.4. The van der Waals surface area contributed by atoms with Gasteiger partial charge in [0, 0.05) is 25.0 Å². The molecule has 0 bridgehead atoms. The van der Waals surface area contributed by atoms with E-state index in [9.17, 15) is 18.0 Å². The Hall–Kier alpha value is -2.13. The van der Waals surface area contributed by atoms with Gasteiger partial charge in [0.15, 0.2) is 0 Å². The lowest BCUT2D eigenvalue weighted by Crippen LogP contribution is -2.50. The van der Waals surface area contributed by atoms with Crippen LogP contribution in [0.1, 0.15) is 40.0 Å². The van der Waals surface area contributed by atoms with Gasteiger partial charge in [-0.25, -0.2) is 8.42 Å². The van der Waals surface area contributed by atoms with E-state index < -0.39 is 16.1 Å². The van der Waals surface area contributed by atoms with Gasteiger partial charge in [-0.1, -0.05) is 6.92 Å². The Kier molecular flexibility index (Phi) is 8.04. The summed E-state index contributed by atoms with van der Waals surface area (Å²) in [5, 5.41) is 5.58. The summed E-state index contributed by atoms with van der Waals surface area (Å²) in [6.45, 7) is 6.06. The normalized spacial score (nSPS) is 17.9. The molecule has 1 aromatic carbocycles. The lowest BCUT2D eigenvalue weighted by Gasteiger charge is -2.31. The molecule has 0 aromatic heterocycles. The highest BCUT2D eigenvalue weighted by Crippen LogP contribution is 2.25. The van der Waals surface area contributed by atoms with E-state index in [1.54, 1.807) is 19.1 Å². The van der Waals surface area contributed by atoms with Crippen LogP contribution in [-0.4, -0.2) is 56.8 Å². The smallest absolute Gasteiger partial charge is 0.243 e. The van der Waals surface area contributed by atoms with E-state index in [0.29, 0.717) is 18.6 Å². The van der Waals surface area contributed by atoms with Crippen molar-refractivity contribution >= 4 is 21.8 Å². The molecule has 1 aliphatic heterocycles. The Morgan fingerprint density at radius 3 is 2.24 bits per heavy atom. The molecule has 1 aliphatic rings. The Morgan fingerprint density at radius 2 is 1.72 bits per heavy atom. The number of piperidine rings is 1. The lowest BCUT2D eigenvalue weighted by atomic mass is 9.97. The summed E-state index contributed by atoms with van der Waals surface area (Å²) in [5.74, 6) is -0.146. The minimum atomic E-state index is -3.61. The highest BCUT2D eigenvalue weighted by molar-refractivity contribution is 7.89. The first kappa shape index (κ1) is 23.2. The fourth-order valence-electron chi connectivity index (χ4n) is 3.12. The lowest BCUT2D eigenvalue weighted by molar-refractivity contribution is -0.131. The van der Waals surface area contributed by atoms with Crippen molar-refractivity contribution in [1.82, 2.24) is 14.9 Å². The van der Waals surface area contributed by atoms with Gasteiger partial charge in [0.05, 0.1) is 12.0 Å². The third-order valence-electron chi connectivity index (χ3n) is 5.28. The summed E-state index contributed by atoms with van der Waals surface area (Å²) in [7, 11) is -2.09. The zero-order valence-corrected chi connectivity index (χ0v) is 18.3. The van der Waals surface area contributed by atoms with E-state index in [1.807, 2.05) is 13.8 Å².